The lowest BCUT2D eigenvalue weighted by Crippen LogP contribution is -2.28. The number of carbonyl (C=O) groups excluding carboxylic acids is 1. The van der Waals surface area contributed by atoms with Crippen LogP contribution in [0.3, 0.4) is 0 Å². The fourth-order valence-electron chi connectivity index (χ4n) is 2.00. The number of anilines is 1. The number of nitrogens with one attached hydrogen (secondary N) is 1. The van der Waals surface area contributed by atoms with Gasteiger partial charge in [-0.3, -0.25) is 4.79 Å². The third kappa shape index (κ3) is 3.43. The Balaban J connectivity index is 2.21. The Bertz CT molecular complexity index is 676. The van der Waals surface area contributed by atoms with Crippen molar-refractivity contribution in [1.82, 2.24) is 15.3 Å². The van der Waals surface area contributed by atoms with Crippen molar-refractivity contribution in [3.63, 3.8) is 0 Å². The Morgan fingerprint density at radius 3 is 2.68 bits per heavy atom. The van der Waals surface area contributed by atoms with Crippen molar-refractivity contribution < 1.29 is 14.3 Å². The molecule has 0 saturated heterocycles. The molecule has 0 spiro atoms. The molecule has 1 atom stereocenters. The van der Waals surface area contributed by atoms with Crippen LogP contribution in [0, 0.1) is 0 Å². The SMILES string of the molecule is COc1ccc(OC)c(C(C)NC(=O)c2nccc(N)n2)c1. The molecule has 2 rings (SSSR count). The van der Waals surface area contributed by atoms with Crippen LogP contribution in [0.4, 0.5) is 5.82 Å². The summed E-state index contributed by atoms with van der Waals surface area (Å²) in [7, 11) is 3.15. The van der Waals surface area contributed by atoms with E-state index in [9.17, 15) is 4.79 Å². The van der Waals surface area contributed by atoms with Gasteiger partial charge in [-0.05, 0) is 31.2 Å². The van der Waals surface area contributed by atoms with E-state index < -0.39 is 5.91 Å². The largest absolute Gasteiger partial charge is 0.497 e. The monoisotopic (exact) mass is 302 g/mol. The highest BCUT2D eigenvalue weighted by Gasteiger charge is 2.17. The normalized spacial score (nSPS) is 11.6. The van der Waals surface area contributed by atoms with Crippen LogP contribution in [0.1, 0.15) is 29.1 Å². The number of amides is 1. The zero-order valence-electron chi connectivity index (χ0n) is 12.7. The molecule has 1 unspecified atom stereocenters. The average molecular weight is 302 g/mol. The lowest BCUT2D eigenvalue weighted by Gasteiger charge is -2.17. The van der Waals surface area contributed by atoms with Crippen LogP contribution in [-0.2, 0) is 0 Å². The maximum Gasteiger partial charge on any atom is 0.289 e. The minimum atomic E-state index is -0.412. The highest BCUT2D eigenvalue weighted by Crippen LogP contribution is 2.29. The summed E-state index contributed by atoms with van der Waals surface area (Å²) in [6.07, 6.45) is 1.44. The zero-order valence-corrected chi connectivity index (χ0v) is 12.7. The highest BCUT2D eigenvalue weighted by atomic mass is 16.5. The van der Waals surface area contributed by atoms with E-state index in [1.54, 1.807) is 26.4 Å². The van der Waals surface area contributed by atoms with Gasteiger partial charge in [0.25, 0.3) is 5.91 Å². The van der Waals surface area contributed by atoms with Crippen LogP contribution < -0.4 is 20.5 Å². The number of benzene rings is 1. The number of ether oxygens (including phenoxy) is 2. The second-order valence-electron chi connectivity index (χ2n) is 4.61. The number of nitrogen functional groups attached to an aromatic ring is 1. The molecule has 0 fully saturated rings. The Morgan fingerprint density at radius 2 is 2.05 bits per heavy atom. The van der Waals surface area contributed by atoms with Gasteiger partial charge in [0.15, 0.2) is 0 Å². The molecule has 1 aromatic carbocycles. The third-order valence-electron chi connectivity index (χ3n) is 3.13. The summed E-state index contributed by atoms with van der Waals surface area (Å²) >= 11 is 0. The number of hydrogen-bond acceptors (Lipinski definition) is 6. The minimum absolute atomic E-state index is 0.0220. The Morgan fingerprint density at radius 1 is 1.27 bits per heavy atom. The van der Waals surface area contributed by atoms with E-state index in [0.717, 1.165) is 5.56 Å². The molecule has 7 nitrogen and oxygen atoms in total. The Kier molecular flexibility index (Phi) is 4.77. The standard InChI is InChI=1S/C15H18N4O3/c1-9(11-8-10(21-2)4-5-12(11)22-3)18-15(20)14-17-7-6-13(16)19-14/h4-9H,1-3H3,(H,18,20)(H2,16,17,19). The molecule has 1 aromatic heterocycles. The van der Waals surface area contributed by atoms with E-state index >= 15 is 0 Å². The van der Waals surface area contributed by atoms with Crippen LogP contribution in [0.2, 0.25) is 0 Å². The molecule has 1 heterocycles. The summed E-state index contributed by atoms with van der Waals surface area (Å²) < 4.78 is 10.5. The molecule has 22 heavy (non-hydrogen) atoms. The average Bonchev–Trinajstić information content (AvgIpc) is 2.54. The van der Waals surface area contributed by atoms with Gasteiger partial charge in [0.05, 0.1) is 20.3 Å². The number of nitrogens with two attached hydrogens (primary N) is 1. The highest BCUT2D eigenvalue weighted by molar-refractivity contribution is 5.91. The van der Waals surface area contributed by atoms with E-state index in [-0.39, 0.29) is 17.7 Å². The summed E-state index contributed by atoms with van der Waals surface area (Å²) in [6, 6.07) is 6.59. The first-order chi connectivity index (χ1) is 10.5. The quantitative estimate of drug-likeness (QED) is 0.869. The second kappa shape index (κ2) is 6.75. The Labute approximate surface area is 128 Å². The predicted molar refractivity (Wildman–Crippen MR) is 81.9 cm³/mol. The number of carbonyl (C=O) groups is 1. The number of rotatable bonds is 5. The first kappa shape index (κ1) is 15.6. The van der Waals surface area contributed by atoms with Gasteiger partial charge in [0.2, 0.25) is 5.82 Å². The van der Waals surface area contributed by atoms with Crippen LogP contribution >= 0.6 is 0 Å². The fraction of sp³-hybridized carbons (Fsp3) is 0.267. The maximum atomic E-state index is 12.2. The van der Waals surface area contributed by atoms with E-state index in [1.807, 2.05) is 13.0 Å². The lowest BCUT2D eigenvalue weighted by atomic mass is 10.1. The number of methoxy groups -OCH3 is 2. The smallest absolute Gasteiger partial charge is 0.289 e. The van der Waals surface area contributed by atoms with Crippen LogP contribution in [0.25, 0.3) is 0 Å². The summed E-state index contributed by atoms with van der Waals surface area (Å²) in [4.78, 5) is 20.0. The molecule has 7 heteroatoms. The van der Waals surface area contributed by atoms with Crippen LogP contribution in [-0.4, -0.2) is 30.1 Å². The van der Waals surface area contributed by atoms with E-state index in [1.165, 1.54) is 12.3 Å². The minimum Gasteiger partial charge on any atom is -0.497 e. The number of hydrogen-bond donors (Lipinski definition) is 2. The van der Waals surface area contributed by atoms with Crippen molar-refractivity contribution in [2.24, 2.45) is 0 Å². The molecule has 0 aliphatic heterocycles. The van der Waals surface area contributed by atoms with Crippen molar-refractivity contribution in [2.45, 2.75) is 13.0 Å². The molecule has 1 amide bonds. The van der Waals surface area contributed by atoms with E-state index in [2.05, 4.69) is 15.3 Å². The Hall–Kier alpha value is -2.83. The van der Waals surface area contributed by atoms with Crippen molar-refractivity contribution >= 4 is 11.7 Å². The van der Waals surface area contributed by atoms with Gasteiger partial charge >= 0.3 is 0 Å². The van der Waals surface area contributed by atoms with Crippen molar-refractivity contribution in [2.75, 3.05) is 20.0 Å². The molecule has 3 N–H and O–H groups in total. The van der Waals surface area contributed by atoms with Gasteiger partial charge in [0, 0.05) is 11.8 Å². The second-order valence-corrected chi connectivity index (χ2v) is 4.61. The van der Waals surface area contributed by atoms with Gasteiger partial charge in [-0.15, -0.1) is 0 Å². The lowest BCUT2D eigenvalue weighted by molar-refractivity contribution is 0.0929. The van der Waals surface area contributed by atoms with Gasteiger partial charge < -0.3 is 20.5 Å². The zero-order chi connectivity index (χ0) is 16.1. The van der Waals surface area contributed by atoms with Crippen LogP contribution in [0.5, 0.6) is 11.5 Å². The predicted octanol–water partition coefficient (Wildman–Crippen LogP) is 1.57. The summed E-state index contributed by atoms with van der Waals surface area (Å²) in [5.74, 6) is 1.18. The molecular weight excluding hydrogens is 284 g/mol. The van der Waals surface area contributed by atoms with Crippen molar-refractivity contribution in [1.29, 1.82) is 0 Å². The molecule has 2 aromatic rings. The summed E-state index contributed by atoms with van der Waals surface area (Å²) in [6.45, 7) is 1.83. The molecular formula is C15H18N4O3. The van der Waals surface area contributed by atoms with Gasteiger partial charge in [-0.25, -0.2) is 9.97 Å². The van der Waals surface area contributed by atoms with Crippen molar-refractivity contribution in [3.8, 4) is 11.5 Å². The van der Waals surface area contributed by atoms with Crippen LogP contribution in [0.15, 0.2) is 30.5 Å². The first-order valence-corrected chi connectivity index (χ1v) is 6.66. The van der Waals surface area contributed by atoms with E-state index in [0.29, 0.717) is 11.5 Å². The van der Waals surface area contributed by atoms with Gasteiger partial charge in [-0.1, -0.05) is 0 Å². The number of aromatic nitrogens is 2. The summed E-state index contributed by atoms with van der Waals surface area (Å²) in [5.41, 5.74) is 6.35. The first-order valence-electron chi connectivity index (χ1n) is 6.66. The topological polar surface area (TPSA) is 99.4 Å². The molecule has 116 valence electrons. The molecule has 0 bridgehead atoms. The molecule has 0 aliphatic rings. The summed E-state index contributed by atoms with van der Waals surface area (Å²) in [5, 5.41) is 2.81. The van der Waals surface area contributed by atoms with Gasteiger partial charge in [0.1, 0.15) is 17.3 Å². The fourth-order valence-corrected chi connectivity index (χ4v) is 2.00. The molecule has 0 radical (unpaired) electrons. The van der Waals surface area contributed by atoms with Gasteiger partial charge in [-0.2, -0.15) is 0 Å². The molecule has 0 aliphatic carbocycles. The molecule has 0 saturated carbocycles. The van der Waals surface area contributed by atoms with Crippen molar-refractivity contribution in [3.05, 3.63) is 41.9 Å². The third-order valence-corrected chi connectivity index (χ3v) is 3.13. The number of nitrogens with zero attached hydrogens (tertiary/aromatic N) is 2. The maximum absolute atomic E-state index is 12.2. The van der Waals surface area contributed by atoms with E-state index in [4.69, 9.17) is 15.2 Å².